The number of carbonyl (C=O) groups is 3. The molecule has 2 rings (SSSR count). The highest BCUT2D eigenvalue weighted by Gasteiger charge is 2.18. The van der Waals surface area contributed by atoms with Gasteiger partial charge in [0.05, 0.1) is 17.4 Å². The Kier molecular flexibility index (Phi) is 7.06. The number of rotatable bonds is 8. The van der Waals surface area contributed by atoms with Crippen molar-refractivity contribution in [2.45, 2.75) is 19.8 Å². The zero-order valence-corrected chi connectivity index (χ0v) is 15.1. The summed E-state index contributed by atoms with van der Waals surface area (Å²) in [4.78, 5) is 38.9. The number of para-hydroxylation sites is 1. The van der Waals surface area contributed by atoms with Gasteiger partial charge in [-0.25, -0.2) is 0 Å². The van der Waals surface area contributed by atoms with E-state index in [9.17, 15) is 14.4 Å². The van der Waals surface area contributed by atoms with Gasteiger partial charge in [0, 0.05) is 17.0 Å². The van der Waals surface area contributed by atoms with E-state index in [-0.39, 0.29) is 25.2 Å². The number of hydrogen-bond acceptors (Lipinski definition) is 6. The Hall–Kier alpha value is -2.98. The molecule has 1 aromatic heterocycles. The standard InChI is InChI=1S/C19H18N2O4S/c1-14-7-9-17(26-14)16(22)8-10-19(24)25-13-18(23)21(12-11-20)15-5-3-2-4-6-15/h2-7,9H,8,10,12-13H2,1H3. The van der Waals surface area contributed by atoms with Gasteiger partial charge in [-0.2, -0.15) is 5.26 Å². The van der Waals surface area contributed by atoms with Gasteiger partial charge in [0.25, 0.3) is 5.91 Å². The number of nitriles is 1. The van der Waals surface area contributed by atoms with Gasteiger partial charge < -0.3 is 4.74 Å². The van der Waals surface area contributed by atoms with Crippen molar-refractivity contribution in [2.24, 2.45) is 0 Å². The van der Waals surface area contributed by atoms with Crippen LogP contribution in [-0.4, -0.2) is 30.8 Å². The van der Waals surface area contributed by atoms with E-state index < -0.39 is 18.5 Å². The zero-order chi connectivity index (χ0) is 18.9. The first-order valence-corrected chi connectivity index (χ1v) is 8.80. The second kappa shape index (κ2) is 9.49. The number of carbonyl (C=O) groups excluding carboxylic acids is 3. The van der Waals surface area contributed by atoms with Gasteiger partial charge in [0.1, 0.15) is 6.54 Å². The van der Waals surface area contributed by atoms with Crippen LogP contribution in [0.5, 0.6) is 0 Å². The summed E-state index contributed by atoms with van der Waals surface area (Å²) >= 11 is 1.38. The Balaban J connectivity index is 1.82. The molecule has 0 aliphatic heterocycles. The molecule has 0 atom stereocenters. The smallest absolute Gasteiger partial charge is 0.306 e. The van der Waals surface area contributed by atoms with Gasteiger partial charge in [-0.05, 0) is 31.2 Å². The van der Waals surface area contributed by atoms with Gasteiger partial charge in [0.15, 0.2) is 12.4 Å². The van der Waals surface area contributed by atoms with Crippen molar-refractivity contribution < 1.29 is 19.1 Å². The van der Waals surface area contributed by atoms with Crippen molar-refractivity contribution in [3.8, 4) is 6.07 Å². The average molecular weight is 370 g/mol. The second-order valence-electron chi connectivity index (χ2n) is 5.47. The molecule has 7 heteroatoms. The molecule has 0 aliphatic rings. The molecule has 0 radical (unpaired) electrons. The van der Waals surface area contributed by atoms with Crippen LogP contribution in [0.25, 0.3) is 0 Å². The average Bonchev–Trinajstić information content (AvgIpc) is 3.09. The Labute approximate surface area is 155 Å². The van der Waals surface area contributed by atoms with Crippen molar-refractivity contribution in [3.63, 3.8) is 0 Å². The molecule has 6 nitrogen and oxygen atoms in total. The van der Waals surface area contributed by atoms with E-state index in [0.717, 1.165) is 4.88 Å². The predicted octanol–water partition coefficient (Wildman–Crippen LogP) is 3.12. The first kappa shape index (κ1) is 19.3. The number of anilines is 1. The summed E-state index contributed by atoms with van der Waals surface area (Å²) in [7, 11) is 0. The number of hydrogen-bond donors (Lipinski definition) is 0. The number of Topliss-reactive ketones (excluding diaryl/α,β-unsaturated/α-hetero) is 1. The molecule has 0 unspecified atom stereocenters. The minimum Gasteiger partial charge on any atom is -0.456 e. The van der Waals surface area contributed by atoms with Crippen LogP contribution < -0.4 is 4.90 Å². The minimum atomic E-state index is -0.620. The predicted molar refractivity (Wildman–Crippen MR) is 98.0 cm³/mol. The fraction of sp³-hybridized carbons (Fsp3) is 0.263. The van der Waals surface area contributed by atoms with E-state index in [1.807, 2.05) is 19.1 Å². The summed E-state index contributed by atoms with van der Waals surface area (Å²) in [5.41, 5.74) is 0.554. The van der Waals surface area contributed by atoms with Crippen molar-refractivity contribution in [1.82, 2.24) is 0 Å². The SMILES string of the molecule is Cc1ccc(C(=O)CCC(=O)OCC(=O)N(CC#N)c2ccccc2)s1. The molecule has 0 bridgehead atoms. The largest absolute Gasteiger partial charge is 0.456 e. The van der Waals surface area contributed by atoms with Crippen LogP contribution in [0.3, 0.4) is 0 Å². The van der Waals surface area contributed by atoms with Crippen LogP contribution in [0.2, 0.25) is 0 Å². The van der Waals surface area contributed by atoms with Crippen molar-refractivity contribution in [3.05, 3.63) is 52.2 Å². The van der Waals surface area contributed by atoms with Gasteiger partial charge in [0.2, 0.25) is 0 Å². The first-order valence-electron chi connectivity index (χ1n) is 7.99. The van der Waals surface area contributed by atoms with Gasteiger partial charge in [-0.1, -0.05) is 18.2 Å². The summed E-state index contributed by atoms with van der Waals surface area (Å²) in [6, 6.07) is 14.2. The lowest BCUT2D eigenvalue weighted by molar-refractivity contribution is -0.147. The molecule has 0 N–H and O–H groups in total. The number of aryl methyl sites for hydroxylation is 1. The number of esters is 1. The first-order chi connectivity index (χ1) is 12.5. The number of ether oxygens (including phenoxy) is 1. The third-order valence-electron chi connectivity index (χ3n) is 3.53. The van der Waals surface area contributed by atoms with Crippen LogP contribution in [-0.2, 0) is 14.3 Å². The molecule has 2 aromatic rings. The molecule has 0 saturated heterocycles. The quantitative estimate of drug-likeness (QED) is 0.405. The minimum absolute atomic E-state index is 0.0353. The lowest BCUT2D eigenvalue weighted by atomic mass is 10.2. The van der Waals surface area contributed by atoms with Gasteiger partial charge in [-0.3, -0.25) is 19.3 Å². The normalized spacial score (nSPS) is 10.0. The number of benzene rings is 1. The maximum Gasteiger partial charge on any atom is 0.306 e. The summed E-state index contributed by atoms with van der Waals surface area (Å²) in [6.45, 7) is 1.29. The monoisotopic (exact) mass is 370 g/mol. The Morgan fingerprint density at radius 3 is 2.46 bits per heavy atom. The molecule has 0 spiro atoms. The van der Waals surface area contributed by atoms with Crippen LogP contribution in [0.4, 0.5) is 5.69 Å². The molecule has 1 amide bonds. The third-order valence-corrected chi connectivity index (χ3v) is 4.57. The molecule has 26 heavy (non-hydrogen) atoms. The topological polar surface area (TPSA) is 87.5 Å². The molecular weight excluding hydrogens is 352 g/mol. The number of nitrogens with zero attached hydrogens (tertiary/aromatic N) is 2. The molecule has 1 aromatic carbocycles. The highest BCUT2D eigenvalue weighted by molar-refractivity contribution is 7.14. The molecule has 0 saturated carbocycles. The van der Waals surface area contributed by atoms with Gasteiger partial charge in [-0.15, -0.1) is 11.3 Å². The molecule has 0 aliphatic carbocycles. The van der Waals surface area contributed by atoms with Crippen LogP contribution in [0.1, 0.15) is 27.4 Å². The van der Waals surface area contributed by atoms with Crippen molar-refractivity contribution in [2.75, 3.05) is 18.1 Å². The summed E-state index contributed by atoms with van der Waals surface area (Å²) in [6.07, 6.45) is -0.0553. The van der Waals surface area contributed by atoms with Crippen LogP contribution in [0.15, 0.2) is 42.5 Å². The van der Waals surface area contributed by atoms with E-state index in [1.54, 1.807) is 36.4 Å². The second-order valence-corrected chi connectivity index (χ2v) is 6.76. The zero-order valence-electron chi connectivity index (χ0n) is 14.3. The fourth-order valence-corrected chi connectivity index (χ4v) is 3.05. The maximum absolute atomic E-state index is 12.2. The Morgan fingerprint density at radius 2 is 1.85 bits per heavy atom. The lowest BCUT2D eigenvalue weighted by Crippen LogP contribution is -2.35. The molecule has 1 heterocycles. The fourth-order valence-electron chi connectivity index (χ4n) is 2.22. The number of thiophene rings is 1. The van der Waals surface area contributed by atoms with Gasteiger partial charge >= 0.3 is 5.97 Å². The Bertz CT molecular complexity index is 824. The number of amides is 1. The molecule has 0 fully saturated rings. The third kappa shape index (κ3) is 5.53. The lowest BCUT2D eigenvalue weighted by Gasteiger charge is -2.19. The van der Waals surface area contributed by atoms with Crippen LogP contribution in [0, 0.1) is 18.3 Å². The van der Waals surface area contributed by atoms with E-state index in [1.165, 1.54) is 16.2 Å². The van der Waals surface area contributed by atoms with Crippen LogP contribution >= 0.6 is 11.3 Å². The van der Waals surface area contributed by atoms with E-state index in [2.05, 4.69) is 0 Å². The summed E-state index contributed by atoms with van der Waals surface area (Å²) in [5, 5.41) is 8.89. The highest BCUT2D eigenvalue weighted by atomic mass is 32.1. The maximum atomic E-state index is 12.2. The van der Waals surface area contributed by atoms with E-state index in [4.69, 9.17) is 10.00 Å². The molecule has 134 valence electrons. The van der Waals surface area contributed by atoms with Crippen molar-refractivity contribution in [1.29, 1.82) is 5.26 Å². The summed E-state index contributed by atoms with van der Waals surface area (Å²) < 4.78 is 4.96. The number of ketones is 1. The highest BCUT2D eigenvalue weighted by Crippen LogP contribution is 2.18. The molecular formula is C19H18N2O4S. The Morgan fingerprint density at radius 1 is 1.12 bits per heavy atom. The van der Waals surface area contributed by atoms with Crippen molar-refractivity contribution >= 4 is 34.7 Å². The van der Waals surface area contributed by atoms with E-state index >= 15 is 0 Å². The van der Waals surface area contributed by atoms with E-state index in [0.29, 0.717) is 10.6 Å². The summed E-state index contributed by atoms with van der Waals surface area (Å²) in [5.74, 6) is -1.24.